The Morgan fingerprint density at radius 1 is 1.10 bits per heavy atom. The second-order valence-corrected chi connectivity index (χ2v) is 5.23. The van der Waals surface area contributed by atoms with E-state index in [2.05, 4.69) is 32.8 Å². The van der Waals surface area contributed by atoms with E-state index >= 15 is 0 Å². The van der Waals surface area contributed by atoms with Crippen molar-refractivity contribution in [2.24, 2.45) is 0 Å². The molecule has 0 atom stereocenters. The van der Waals surface area contributed by atoms with Gasteiger partial charge in [0.05, 0.1) is 6.54 Å². The summed E-state index contributed by atoms with van der Waals surface area (Å²) in [5.41, 5.74) is 1.26. The van der Waals surface area contributed by atoms with Crippen LogP contribution < -0.4 is 9.47 Å². The summed E-state index contributed by atoms with van der Waals surface area (Å²) in [6.07, 6.45) is 3.93. The second kappa shape index (κ2) is 4.83. The van der Waals surface area contributed by atoms with Crippen LogP contribution in [0.25, 0.3) is 0 Å². The van der Waals surface area contributed by atoms with Crippen molar-refractivity contribution in [1.29, 1.82) is 0 Å². The lowest BCUT2D eigenvalue weighted by Crippen LogP contribution is -2.33. The first-order valence-corrected chi connectivity index (χ1v) is 6.99. The number of fused-ring (bicyclic) bond motifs is 2. The average Bonchev–Trinajstić information content (AvgIpc) is 2.95. The number of aromatic nitrogens is 2. The van der Waals surface area contributed by atoms with Crippen LogP contribution in [0.15, 0.2) is 30.6 Å². The maximum absolute atomic E-state index is 5.64. The lowest BCUT2D eigenvalue weighted by Gasteiger charge is -2.28. The molecule has 2 aliphatic rings. The minimum Gasteiger partial charge on any atom is -0.486 e. The fourth-order valence-corrected chi connectivity index (χ4v) is 2.80. The minimum absolute atomic E-state index is 0.637. The van der Waals surface area contributed by atoms with Gasteiger partial charge >= 0.3 is 0 Å². The Kier molecular flexibility index (Phi) is 2.85. The zero-order valence-corrected chi connectivity index (χ0v) is 11.3. The molecule has 5 heteroatoms. The van der Waals surface area contributed by atoms with E-state index in [4.69, 9.17) is 9.47 Å². The lowest BCUT2D eigenvalue weighted by atomic mass is 10.1. The van der Waals surface area contributed by atoms with E-state index in [0.29, 0.717) is 13.2 Å². The van der Waals surface area contributed by atoms with E-state index in [0.717, 1.165) is 43.5 Å². The molecule has 104 valence electrons. The summed E-state index contributed by atoms with van der Waals surface area (Å²) < 4.78 is 13.4. The summed E-state index contributed by atoms with van der Waals surface area (Å²) in [5, 5.41) is 0. The number of ether oxygens (including phenoxy) is 2. The molecule has 0 N–H and O–H groups in total. The average molecular weight is 271 g/mol. The van der Waals surface area contributed by atoms with Crippen LogP contribution >= 0.6 is 0 Å². The van der Waals surface area contributed by atoms with Crippen LogP contribution in [-0.2, 0) is 19.6 Å². The van der Waals surface area contributed by atoms with E-state index < -0.39 is 0 Å². The fraction of sp³-hybridized carbons (Fsp3) is 0.400. The van der Waals surface area contributed by atoms with Crippen molar-refractivity contribution in [3.63, 3.8) is 0 Å². The summed E-state index contributed by atoms with van der Waals surface area (Å²) in [5.74, 6) is 2.87. The van der Waals surface area contributed by atoms with Crippen molar-refractivity contribution in [1.82, 2.24) is 14.5 Å². The lowest BCUT2D eigenvalue weighted by molar-refractivity contribution is 0.170. The number of imidazole rings is 1. The fourth-order valence-electron chi connectivity index (χ4n) is 2.80. The van der Waals surface area contributed by atoms with E-state index in [1.807, 2.05) is 12.3 Å². The molecule has 2 aromatic rings. The van der Waals surface area contributed by atoms with Gasteiger partial charge in [0.25, 0.3) is 0 Å². The molecule has 0 amide bonds. The number of rotatable bonds is 2. The molecule has 0 aliphatic carbocycles. The smallest absolute Gasteiger partial charge is 0.161 e. The molecule has 0 unspecified atom stereocenters. The maximum atomic E-state index is 5.64. The first-order valence-electron chi connectivity index (χ1n) is 6.99. The predicted octanol–water partition coefficient (Wildman–Crippen LogP) is 1.67. The third-order valence-electron chi connectivity index (χ3n) is 3.84. The Bertz CT molecular complexity index is 623. The highest BCUT2D eigenvalue weighted by atomic mass is 16.6. The van der Waals surface area contributed by atoms with Gasteiger partial charge in [0.1, 0.15) is 19.0 Å². The quantitative estimate of drug-likeness (QED) is 0.833. The predicted molar refractivity (Wildman–Crippen MR) is 73.8 cm³/mol. The maximum Gasteiger partial charge on any atom is 0.161 e. The van der Waals surface area contributed by atoms with Crippen LogP contribution in [0.1, 0.15) is 11.4 Å². The van der Waals surface area contributed by atoms with Crippen molar-refractivity contribution in [2.45, 2.75) is 19.6 Å². The normalized spacial score (nSPS) is 17.8. The van der Waals surface area contributed by atoms with Gasteiger partial charge in [-0.25, -0.2) is 4.98 Å². The molecular formula is C15H17N3O2. The molecule has 1 aromatic heterocycles. The van der Waals surface area contributed by atoms with Crippen LogP contribution in [0.3, 0.4) is 0 Å². The number of hydrogen-bond donors (Lipinski definition) is 0. The third-order valence-corrected chi connectivity index (χ3v) is 3.84. The van der Waals surface area contributed by atoms with Gasteiger partial charge in [0, 0.05) is 32.0 Å². The van der Waals surface area contributed by atoms with Gasteiger partial charge < -0.3 is 14.0 Å². The van der Waals surface area contributed by atoms with Crippen molar-refractivity contribution in [3.8, 4) is 11.5 Å². The van der Waals surface area contributed by atoms with E-state index in [-0.39, 0.29) is 0 Å². The summed E-state index contributed by atoms with van der Waals surface area (Å²) >= 11 is 0. The van der Waals surface area contributed by atoms with Crippen LogP contribution in [0.5, 0.6) is 11.5 Å². The Morgan fingerprint density at radius 2 is 2.00 bits per heavy atom. The Balaban J connectivity index is 1.49. The summed E-state index contributed by atoms with van der Waals surface area (Å²) in [6, 6.07) is 6.22. The third kappa shape index (κ3) is 2.14. The molecule has 0 radical (unpaired) electrons. The van der Waals surface area contributed by atoms with Gasteiger partial charge in [-0.3, -0.25) is 4.90 Å². The van der Waals surface area contributed by atoms with E-state index in [1.165, 1.54) is 5.56 Å². The molecule has 4 rings (SSSR count). The first kappa shape index (κ1) is 11.8. The molecular weight excluding hydrogens is 254 g/mol. The molecule has 2 aliphatic heterocycles. The number of benzene rings is 1. The van der Waals surface area contributed by atoms with Crippen LogP contribution in [-0.4, -0.2) is 34.2 Å². The van der Waals surface area contributed by atoms with Gasteiger partial charge in [0.15, 0.2) is 11.5 Å². The zero-order chi connectivity index (χ0) is 13.4. The van der Waals surface area contributed by atoms with Gasteiger partial charge in [-0.2, -0.15) is 0 Å². The number of hydrogen-bond acceptors (Lipinski definition) is 4. The summed E-state index contributed by atoms with van der Waals surface area (Å²) in [4.78, 5) is 6.81. The van der Waals surface area contributed by atoms with Gasteiger partial charge in [-0.15, -0.1) is 0 Å². The van der Waals surface area contributed by atoms with Crippen LogP contribution in [0.4, 0.5) is 0 Å². The Hall–Kier alpha value is -2.01. The van der Waals surface area contributed by atoms with Crippen molar-refractivity contribution >= 4 is 0 Å². The highest BCUT2D eigenvalue weighted by molar-refractivity contribution is 5.43. The zero-order valence-electron chi connectivity index (χ0n) is 11.3. The van der Waals surface area contributed by atoms with E-state index in [1.54, 1.807) is 0 Å². The van der Waals surface area contributed by atoms with Gasteiger partial charge in [-0.1, -0.05) is 6.07 Å². The molecule has 0 saturated heterocycles. The van der Waals surface area contributed by atoms with Crippen LogP contribution in [0, 0.1) is 0 Å². The summed E-state index contributed by atoms with van der Waals surface area (Å²) in [6.45, 7) is 5.17. The van der Waals surface area contributed by atoms with Gasteiger partial charge in [-0.05, 0) is 17.7 Å². The van der Waals surface area contributed by atoms with Crippen molar-refractivity contribution < 1.29 is 9.47 Å². The Labute approximate surface area is 117 Å². The van der Waals surface area contributed by atoms with Gasteiger partial charge in [0.2, 0.25) is 0 Å². The molecule has 3 heterocycles. The standard InChI is InChI=1S/C15H17N3O2/c1-2-13-14(20-8-7-19-13)9-12(1)10-17-5-6-18-4-3-16-15(18)11-17/h1-4,9H,5-8,10-11H2. The van der Waals surface area contributed by atoms with Crippen molar-refractivity contribution in [2.75, 3.05) is 19.8 Å². The molecule has 0 spiro atoms. The molecule has 0 bridgehead atoms. The molecule has 5 nitrogen and oxygen atoms in total. The monoisotopic (exact) mass is 271 g/mol. The van der Waals surface area contributed by atoms with E-state index in [9.17, 15) is 0 Å². The largest absolute Gasteiger partial charge is 0.486 e. The molecule has 20 heavy (non-hydrogen) atoms. The Morgan fingerprint density at radius 3 is 2.95 bits per heavy atom. The highest BCUT2D eigenvalue weighted by Gasteiger charge is 2.18. The molecule has 1 aromatic carbocycles. The van der Waals surface area contributed by atoms with Crippen LogP contribution in [0.2, 0.25) is 0 Å². The first-order chi connectivity index (χ1) is 9.88. The highest BCUT2D eigenvalue weighted by Crippen LogP contribution is 2.31. The molecule has 0 fully saturated rings. The summed E-state index contributed by atoms with van der Waals surface area (Å²) in [7, 11) is 0. The number of nitrogens with zero attached hydrogens (tertiary/aromatic N) is 3. The topological polar surface area (TPSA) is 39.5 Å². The SMILES string of the molecule is c1cn2c(n1)CN(Cc1ccc3c(c1)OCCO3)CC2. The van der Waals surface area contributed by atoms with Crippen molar-refractivity contribution in [3.05, 3.63) is 42.0 Å². The second-order valence-electron chi connectivity index (χ2n) is 5.23. The minimum atomic E-state index is 0.637. The molecule has 0 saturated carbocycles.